The van der Waals surface area contributed by atoms with E-state index in [1.54, 1.807) is 6.07 Å². The Morgan fingerprint density at radius 1 is 1.45 bits per heavy atom. The minimum atomic E-state index is -0.680. The molecule has 3 rings (SSSR count). The van der Waals surface area contributed by atoms with Crippen LogP contribution in [0.3, 0.4) is 0 Å². The van der Waals surface area contributed by atoms with Crippen LogP contribution in [0.1, 0.15) is 24.9 Å². The zero-order chi connectivity index (χ0) is 16.0. The molecule has 0 unspecified atom stereocenters. The molecule has 0 saturated carbocycles. The molecular formula is C15H15BrN2O4. The van der Waals surface area contributed by atoms with Gasteiger partial charge < -0.3 is 9.72 Å². The summed E-state index contributed by atoms with van der Waals surface area (Å²) >= 11 is 3.42. The van der Waals surface area contributed by atoms with E-state index in [9.17, 15) is 14.4 Å². The quantitative estimate of drug-likeness (QED) is 0.648. The van der Waals surface area contributed by atoms with Gasteiger partial charge in [-0.25, -0.2) is 0 Å². The van der Waals surface area contributed by atoms with Gasteiger partial charge in [-0.3, -0.25) is 19.0 Å². The van der Waals surface area contributed by atoms with Crippen LogP contribution < -0.4 is 11.1 Å². The standard InChI is InChI=1S/C15H15BrN2O4/c1-7-3-8-4-9(16)5-10-13(8)18(15(21)14(20)17-10)11(7)6-12(19)22-2/h4-5,7,11H,3,6H2,1-2H3,(H,17,20)/t7-,11+/m0/s1. The molecule has 1 aliphatic heterocycles. The number of H-pyrrole nitrogens is 1. The molecule has 22 heavy (non-hydrogen) atoms. The molecular weight excluding hydrogens is 352 g/mol. The minimum absolute atomic E-state index is 0.0450. The Balaban J connectivity index is 2.34. The fourth-order valence-electron chi connectivity index (χ4n) is 3.18. The number of hydrogen-bond acceptors (Lipinski definition) is 4. The molecule has 116 valence electrons. The summed E-state index contributed by atoms with van der Waals surface area (Å²) in [4.78, 5) is 38.6. The Kier molecular flexibility index (Phi) is 3.68. The molecule has 0 spiro atoms. The summed E-state index contributed by atoms with van der Waals surface area (Å²) in [5.41, 5.74) is 0.957. The van der Waals surface area contributed by atoms with E-state index in [0.717, 1.165) is 16.5 Å². The van der Waals surface area contributed by atoms with Crippen molar-refractivity contribution in [1.82, 2.24) is 9.55 Å². The number of aromatic nitrogens is 2. The summed E-state index contributed by atoms with van der Waals surface area (Å²) in [5.74, 6) is -0.346. The highest BCUT2D eigenvalue weighted by atomic mass is 79.9. The maximum atomic E-state index is 12.4. The second-order valence-electron chi connectivity index (χ2n) is 5.62. The molecule has 0 bridgehead atoms. The number of methoxy groups -OCH3 is 1. The topological polar surface area (TPSA) is 81.2 Å². The van der Waals surface area contributed by atoms with Gasteiger partial charge in [0, 0.05) is 4.47 Å². The average molecular weight is 367 g/mol. The minimum Gasteiger partial charge on any atom is -0.469 e. The first-order chi connectivity index (χ1) is 10.4. The second-order valence-corrected chi connectivity index (χ2v) is 6.54. The lowest BCUT2D eigenvalue weighted by atomic mass is 9.87. The lowest BCUT2D eigenvalue weighted by Gasteiger charge is -2.32. The molecule has 0 saturated heterocycles. The Morgan fingerprint density at radius 2 is 2.18 bits per heavy atom. The van der Waals surface area contributed by atoms with E-state index in [1.165, 1.54) is 11.7 Å². The lowest BCUT2D eigenvalue weighted by Crippen LogP contribution is -2.43. The fourth-order valence-corrected chi connectivity index (χ4v) is 3.68. The van der Waals surface area contributed by atoms with E-state index < -0.39 is 17.1 Å². The van der Waals surface area contributed by atoms with E-state index in [2.05, 4.69) is 20.9 Å². The number of hydrogen-bond donors (Lipinski definition) is 1. The van der Waals surface area contributed by atoms with Crippen LogP contribution in [-0.2, 0) is 16.0 Å². The van der Waals surface area contributed by atoms with Crippen LogP contribution >= 0.6 is 15.9 Å². The predicted molar refractivity (Wildman–Crippen MR) is 85.1 cm³/mol. The normalized spacial score (nSPS) is 20.1. The van der Waals surface area contributed by atoms with Crippen molar-refractivity contribution < 1.29 is 9.53 Å². The van der Waals surface area contributed by atoms with E-state index in [4.69, 9.17) is 4.74 Å². The zero-order valence-corrected chi connectivity index (χ0v) is 13.8. The number of nitrogens with one attached hydrogen (secondary N) is 1. The number of nitrogens with zero attached hydrogens (tertiary/aromatic N) is 1. The third kappa shape index (κ3) is 2.29. The highest BCUT2D eigenvalue weighted by Gasteiger charge is 2.31. The van der Waals surface area contributed by atoms with Crippen molar-refractivity contribution >= 4 is 32.9 Å². The van der Waals surface area contributed by atoms with Crippen LogP contribution in [-0.4, -0.2) is 22.6 Å². The molecule has 1 N–H and O–H groups in total. The number of halogens is 1. The molecule has 1 aromatic carbocycles. The maximum Gasteiger partial charge on any atom is 0.317 e. The Labute approximate surface area is 134 Å². The zero-order valence-electron chi connectivity index (χ0n) is 12.2. The molecule has 2 heterocycles. The van der Waals surface area contributed by atoms with Gasteiger partial charge in [0.05, 0.1) is 30.6 Å². The van der Waals surface area contributed by atoms with Crippen LogP contribution in [0.2, 0.25) is 0 Å². The van der Waals surface area contributed by atoms with Gasteiger partial charge in [-0.2, -0.15) is 0 Å². The first kappa shape index (κ1) is 15.0. The van der Waals surface area contributed by atoms with E-state index in [1.807, 2.05) is 13.0 Å². The Bertz CT molecular complexity index is 883. The van der Waals surface area contributed by atoms with Crippen molar-refractivity contribution in [1.29, 1.82) is 0 Å². The van der Waals surface area contributed by atoms with Gasteiger partial charge in [0.15, 0.2) is 0 Å². The molecule has 6 nitrogen and oxygen atoms in total. The third-order valence-corrected chi connectivity index (χ3v) is 4.65. The summed E-state index contributed by atoms with van der Waals surface area (Å²) in [6.45, 7) is 1.97. The van der Waals surface area contributed by atoms with Gasteiger partial charge in [0.1, 0.15) is 0 Å². The van der Waals surface area contributed by atoms with Crippen molar-refractivity contribution in [2.24, 2.45) is 5.92 Å². The fraction of sp³-hybridized carbons (Fsp3) is 0.400. The van der Waals surface area contributed by atoms with Crippen LogP contribution in [0.15, 0.2) is 26.2 Å². The molecule has 1 aliphatic rings. The summed E-state index contributed by atoms with van der Waals surface area (Å²) in [6.07, 6.45) is 0.800. The van der Waals surface area contributed by atoms with Crippen LogP contribution in [0.5, 0.6) is 0 Å². The lowest BCUT2D eigenvalue weighted by molar-refractivity contribution is -0.141. The van der Waals surface area contributed by atoms with Crippen molar-refractivity contribution in [3.05, 3.63) is 42.9 Å². The molecule has 0 amide bonds. The first-order valence-electron chi connectivity index (χ1n) is 6.96. The number of carbonyl (C=O) groups excluding carboxylic acids is 1. The number of esters is 1. The number of ether oxygens (including phenoxy) is 1. The van der Waals surface area contributed by atoms with Crippen molar-refractivity contribution in [2.75, 3.05) is 7.11 Å². The predicted octanol–water partition coefficient (Wildman–Crippen LogP) is 1.75. The van der Waals surface area contributed by atoms with E-state index >= 15 is 0 Å². The van der Waals surface area contributed by atoms with Gasteiger partial charge in [0.25, 0.3) is 0 Å². The average Bonchev–Trinajstić information content (AvgIpc) is 2.46. The molecule has 2 aromatic rings. The molecule has 2 atom stereocenters. The van der Waals surface area contributed by atoms with Crippen LogP contribution in [0, 0.1) is 5.92 Å². The highest BCUT2D eigenvalue weighted by molar-refractivity contribution is 9.10. The van der Waals surface area contributed by atoms with Gasteiger partial charge in [0.2, 0.25) is 0 Å². The number of rotatable bonds is 2. The summed E-state index contributed by atoms with van der Waals surface area (Å²) in [6, 6.07) is 3.33. The van der Waals surface area contributed by atoms with Crippen LogP contribution in [0.4, 0.5) is 0 Å². The molecule has 0 radical (unpaired) electrons. The number of aromatic amines is 1. The van der Waals surface area contributed by atoms with Gasteiger partial charge in [-0.1, -0.05) is 22.9 Å². The number of benzene rings is 1. The Hall–Kier alpha value is -1.89. The summed E-state index contributed by atoms with van der Waals surface area (Å²) in [7, 11) is 1.32. The van der Waals surface area contributed by atoms with E-state index in [-0.39, 0.29) is 18.4 Å². The van der Waals surface area contributed by atoms with Crippen molar-refractivity contribution in [3.8, 4) is 0 Å². The van der Waals surface area contributed by atoms with Gasteiger partial charge >= 0.3 is 17.1 Å². The first-order valence-corrected chi connectivity index (χ1v) is 7.75. The van der Waals surface area contributed by atoms with Crippen molar-refractivity contribution in [2.45, 2.75) is 25.8 Å². The van der Waals surface area contributed by atoms with Crippen molar-refractivity contribution in [3.63, 3.8) is 0 Å². The Morgan fingerprint density at radius 3 is 2.86 bits per heavy atom. The summed E-state index contributed by atoms with van der Waals surface area (Å²) in [5, 5.41) is 0. The molecule has 1 aromatic heterocycles. The highest BCUT2D eigenvalue weighted by Crippen LogP contribution is 2.35. The second kappa shape index (κ2) is 5.39. The molecule has 0 fully saturated rings. The molecule has 7 heteroatoms. The molecule has 0 aliphatic carbocycles. The maximum absolute atomic E-state index is 12.4. The number of carbonyl (C=O) groups is 1. The SMILES string of the molecule is COC(=O)C[C@@H]1[C@@H](C)Cc2cc(Br)cc3[nH]c(=O)c(=O)n1c23. The van der Waals surface area contributed by atoms with Gasteiger partial charge in [-0.15, -0.1) is 0 Å². The largest absolute Gasteiger partial charge is 0.469 e. The smallest absolute Gasteiger partial charge is 0.317 e. The monoisotopic (exact) mass is 366 g/mol. The van der Waals surface area contributed by atoms with Crippen LogP contribution in [0.25, 0.3) is 11.0 Å². The summed E-state index contributed by atoms with van der Waals surface area (Å²) < 4.78 is 7.03. The third-order valence-electron chi connectivity index (χ3n) is 4.19. The van der Waals surface area contributed by atoms with Gasteiger partial charge in [-0.05, 0) is 30.0 Å². The van der Waals surface area contributed by atoms with E-state index in [0.29, 0.717) is 11.0 Å².